The molecule has 0 fully saturated rings. The number of aromatic amines is 2. The van der Waals surface area contributed by atoms with Crippen LogP contribution < -0.4 is 5.32 Å². The van der Waals surface area contributed by atoms with Crippen LogP contribution in [-0.2, 0) is 19.4 Å². The minimum Gasteiger partial charge on any atom is -0.346 e. The Bertz CT molecular complexity index is 636. The van der Waals surface area contributed by atoms with Crippen LogP contribution in [0.1, 0.15) is 58.0 Å². The van der Waals surface area contributed by atoms with E-state index < -0.39 is 0 Å². The summed E-state index contributed by atoms with van der Waals surface area (Å²) < 4.78 is 0. The van der Waals surface area contributed by atoms with Gasteiger partial charge in [0.1, 0.15) is 0 Å². The number of carbonyl (C=O) groups excluding carboxylic acids is 1. The lowest BCUT2D eigenvalue weighted by Gasteiger charge is -2.05. The zero-order valence-electron chi connectivity index (χ0n) is 12.5. The van der Waals surface area contributed by atoms with E-state index in [2.05, 4.69) is 25.7 Å². The van der Waals surface area contributed by atoms with E-state index in [1.807, 2.05) is 13.8 Å². The van der Waals surface area contributed by atoms with Crippen LogP contribution in [0.4, 0.5) is 0 Å². The largest absolute Gasteiger partial charge is 0.346 e. The van der Waals surface area contributed by atoms with Crippen molar-refractivity contribution < 1.29 is 4.79 Å². The smallest absolute Gasteiger partial charge is 0.272 e. The van der Waals surface area contributed by atoms with E-state index in [0.717, 1.165) is 47.5 Å². The molecular formula is C15H21N5O. The first-order valence-corrected chi connectivity index (χ1v) is 7.51. The molecule has 3 rings (SSSR count). The van der Waals surface area contributed by atoms with E-state index in [1.54, 1.807) is 0 Å². The molecule has 3 N–H and O–H groups in total. The van der Waals surface area contributed by atoms with Crippen molar-refractivity contribution in [2.45, 2.75) is 52.5 Å². The Morgan fingerprint density at radius 1 is 1.14 bits per heavy atom. The number of hydrogen-bond donors (Lipinski definition) is 3. The fourth-order valence-electron chi connectivity index (χ4n) is 2.93. The van der Waals surface area contributed by atoms with Gasteiger partial charge in [0.2, 0.25) is 0 Å². The average Bonchev–Trinajstić information content (AvgIpc) is 2.92. The monoisotopic (exact) mass is 287 g/mol. The SMILES string of the molecule is Cc1n[nH]c(C)c1CNC(=O)c1n[nH]c2c1CCCCC2. The zero-order valence-corrected chi connectivity index (χ0v) is 12.5. The average molecular weight is 287 g/mol. The highest BCUT2D eigenvalue weighted by Gasteiger charge is 2.21. The van der Waals surface area contributed by atoms with E-state index in [1.165, 1.54) is 12.8 Å². The molecule has 21 heavy (non-hydrogen) atoms. The number of aromatic nitrogens is 4. The second-order valence-electron chi connectivity index (χ2n) is 5.69. The van der Waals surface area contributed by atoms with Crippen LogP contribution in [-0.4, -0.2) is 26.3 Å². The van der Waals surface area contributed by atoms with Crippen LogP contribution in [0.2, 0.25) is 0 Å². The van der Waals surface area contributed by atoms with E-state index in [9.17, 15) is 4.79 Å². The maximum atomic E-state index is 12.4. The minimum atomic E-state index is -0.102. The topological polar surface area (TPSA) is 86.5 Å². The summed E-state index contributed by atoms with van der Waals surface area (Å²) >= 11 is 0. The Balaban J connectivity index is 1.73. The third kappa shape index (κ3) is 2.70. The molecule has 2 aromatic heterocycles. The Kier molecular flexibility index (Phi) is 3.77. The van der Waals surface area contributed by atoms with Gasteiger partial charge in [-0.25, -0.2) is 0 Å². The predicted molar refractivity (Wildman–Crippen MR) is 79.1 cm³/mol. The number of nitrogens with one attached hydrogen (secondary N) is 3. The van der Waals surface area contributed by atoms with Crippen molar-refractivity contribution in [3.05, 3.63) is 33.9 Å². The molecule has 0 spiro atoms. The number of H-pyrrole nitrogens is 2. The van der Waals surface area contributed by atoms with Crippen LogP contribution in [0.3, 0.4) is 0 Å². The third-order valence-electron chi connectivity index (χ3n) is 4.23. The molecule has 112 valence electrons. The summed E-state index contributed by atoms with van der Waals surface area (Å²) in [6, 6.07) is 0. The number of nitrogens with zero attached hydrogens (tertiary/aromatic N) is 2. The lowest BCUT2D eigenvalue weighted by atomic mass is 10.1. The van der Waals surface area contributed by atoms with Gasteiger partial charge in [0.15, 0.2) is 5.69 Å². The van der Waals surface area contributed by atoms with Crippen molar-refractivity contribution in [3.63, 3.8) is 0 Å². The van der Waals surface area contributed by atoms with Gasteiger partial charge in [-0.15, -0.1) is 0 Å². The molecule has 6 nitrogen and oxygen atoms in total. The summed E-state index contributed by atoms with van der Waals surface area (Å²) in [5.41, 5.74) is 5.76. The Morgan fingerprint density at radius 3 is 2.71 bits per heavy atom. The summed E-state index contributed by atoms with van der Waals surface area (Å²) in [6.45, 7) is 4.38. The lowest BCUT2D eigenvalue weighted by molar-refractivity contribution is 0.0945. The van der Waals surface area contributed by atoms with Crippen LogP contribution in [0.25, 0.3) is 0 Å². The number of hydrogen-bond acceptors (Lipinski definition) is 3. The molecule has 2 aromatic rings. The molecule has 0 atom stereocenters. The normalized spacial score (nSPS) is 14.6. The van der Waals surface area contributed by atoms with Gasteiger partial charge in [-0.1, -0.05) is 6.42 Å². The van der Waals surface area contributed by atoms with Gasteiger partial charge in [-0.3, -0.25) is 15.0 Å². The van der Waals surface area contributed by atoms with Crippen molar-refractivity contribution in [2.24, 2.45) is 0 Å². The van der Waals surface area contributed by atoms with Crippen LogP contribution in [0, 0.1) is 13.8 Å². The van der Waals surface area contributed by atoms with Crippen molar-refractivity contribution in [2.75, 3.05) is 0 Å². The number of fused-ring (bicyclic) bond motifs is 1. The summed E-state index contributed by atoms with van der Waals surface area (Å²) in [5.74, 6) is -0.102. The molecule has 1 aliphatic carbocycles. The van der Waals surface area contributed by atoms with Gasteiger partial charge in [0.25, 0.3) is 5.91 Å². The van der Waals surface area contributed by atoms with E-state index in [0.29, 0.717) is 12.2 Å². The molecule has 0 bridgehead atoms. The number of carbonyl (C=O) groups is 1. The van der Waals surface area contributed by atoms with E-state index >= 15 is 0 Å². The van der Waals surface area contributed by atoms with Gasteiger partial charge < -0.3 is 5.32 Å². The molecule has 0 saturated carbocycles. The van der Waals surface area contributed by atoms with Crippen LogP contribution in [0.15, 0.2) is 0 Å². The molecule has 6 heteroatoms. The quantitative estimate of drug-likeness (QED) is 0.754. The van der Waals surface area contributed by atoms with Crippen molar-refractivity contribution >= 4 is 5.91 Å². The van der Waals surface area contributed by atoms with Crippen molar-refractivity contribution in [1.29, 1.82) is 0 Å². The molecule has 0 radical (unpaired) electrons. The molecule has 0 aromatic carbocycles. The molecule has 0 aliphatic heterocycles. The molecular weight excluding hydrogens is 266 g/mol. The van der Waals surface area contributed by atoms with Gasteiger partial charge in [0.05, 0.1) is 5.69 Å². The van der Waals surface area contributed by atoms with E-state index in [-0.39, 0.29) is 5.91 Å². The third-order valence-corrected chi connectivity index (χ3v) is 4.23. The Labute approximate surface area is 123 Å². The first-order valence-electron chi connectivity index (χ1n) is 7.51. The van der Waals surface area contributed by atoms with Gasteiger partial charge in [-0.2, -0.15) is 10.2 Å². The van der Waals surface area contributed by atoms with Crippen LogP contribution >= 0.6 is 0 Å². The summed E-state index contributed by atoms with van der Waals surface area (Å²) in [4.78, 5) is 12.4. The number of rotatable bonds is 3. The minimum absolute atomic E-state index is 0.102. The highest BCUT2D eigenvalue weighted by Crippen LogP contribution is 2.21. The van der Waals surface area contributed by atoms with Crippen molar-refractivity contribution in [3.8, 4) is 0 Å². The second-order valence-corrected chi connectivity index (χ2v) is 5.69. The fourth-order valence-corrected chi connectivity index (χ4v) is 2.93. The van der Waals surface area contributed by atoms with Crippen molar-refractivity contribution in [1.82, 2.24) is 25.7 Å². The molecule has 0 saturated heterocycles. The first-order chi connectivity index (χ1) is 10.2. The highest BCUT2D eigenvalue weighted by molar-refractivity contribution is 5.94. The molecule has 1 aliphatic rings. The predicted octanol–water partition coefficient (Wildman–Crippen LogP) is 1.95. The van der Waals surface area contributed by atoms with Gasteiger partial charge in [-0.05, 0) is 39.5 Å². The molecule has 1 amide bonds. The summed E-state index contributed by atoms with van der Waals surface area (Å²) in [6.07, 6.45) is 5.46. The number of aryl methyl sites for hydroxylation is 3. The molecule has 2 heterocycles. The second kappa shape index (κ2) is 5.71. The van der Waals surface area contributed by atoms with E-state index in [4.69, 9.17) is 0 Å². The highest BCUT2D eigenvalue weighted by atomic mass is 16.1. The summed E-state index contributed by atoms with van der Waals surface area (Å²) in [5, 5.41) is 17.3. The lowest BCUT2D eigenvalue weighted by Crippen LogP contribution is -2.24. The first kappa shape index (κ1) is 13.9. The van der Waals surface area contributed by atoms with Gasteiger partial charge >= 0.3 is 0 Å². The fraction of sp³-hybridized carbons (Fsp3) is 0.533. The molecule has 0 unspecified atom stereocenters. The zero-order chi connectivity index (χ0) is 14.8. The summed E-state index contributed by atoms with van der Waals surface area (Å²) in [7, 11) is 0. The number of amides is 1. The standard InChI is InChI=1S/C15H21N5O/c1-9-12(10(2)18-17-9)8-16-15(21)14-11-6-4-3-5-7-13(11)19-20-14/h3-8H2,1-2H3,(H,16,21)(H,17,18)(H,19,20). The maximum Gasteiger partial charge on any atom is 0.272 e. The Morgan fingerprint density at radius 2 is 1.95 bits per heavy atom. The van der Waals surface area contributed by atoms with Crippen LogP contribution in [0.5, 0.6) is 0 Å². The Hall–Kier alpha value is -2.11. The maximum absolute atomic E-state index is 12.4. The van der Waals surface area contributed by atoms with Gasteiger partial charge in [0, 0.05) is 29.1 Å².